The summed E-state index contributed by atoms with van der Waals surface area (Å²) in [7, 11) is -3.83. The highest BCUT2D eigenvalue weighted by Gasteiger charge is 2.37. The van der Waals surface area contributed by atoms with Crippen LogP contribution < -0.4 is 0 Å². The molecule has 0 amide bonds. The SMILES string of the molecule is Cc1ccc(S(=O)(=O)N2CCc3ccccc3[C@@H]2CC(=O)OCC(=O)c2ccccc2)cc1. The summed E-state index contributed by atoms with van der Waals surface area (Å²) in [5.74, 6) is -0.929. The Morgan fingerprint density at radius 1 is 0.939 bits per heavy atom. The van der Waals surface area contributed by atoms with Crippen molar-refractivity contribution in [1.82, 2.24) is 4.31 Å². The van der Waals surface area contributed by atoms with Gasteiger partial charge in [-0.2, -0.15) is 4.31 Å². The number of hydrogen-bond acceptors (Lipinski definition) is 5. The van der Waals surface area contributed by atoms with Gasteiger partial charge < -0.3 is 4.74 Å². The van der Waals surface area contributed by atoms with Crippen LogP contribution in [0.25, 0.3) is 0 Å². The smallest absolute Gasteiger partial charge is 0.308 e. The van der Waals surface area contributed by atoms with Crippen molar-refractivity contribution in [3.8, 4) is 0 Å². The standard InChI is InChI=1S/C26H25NO5S/c1-19-11-13-22(14-12-19)33(30,31)27-16-15-20-7-5-6-10-23(20)24(27)17-26(29)32-18-25(28)21-8-3-2-4-9-21/h2-14,24H,15-18H2,1H3/t24-/m0/s1. The van der Waals surface area contributed by atoms with Crippen LogP contribution in [0.3, 0.4) is 0 Å². The number of Topliss-reactive ketones (excluding diaryl/α,β-unsaturated/α-hetero) is 1. The fourth-order valence-corrected chi connectivity index (χ4v) is 5.65. The maximum absolute atomic E-state index is 13.5. The number of esters is 1. The van der Waals surface area contributed by atoms with Crippen LogP contribution >= 0.6 is 0 Å². The number of sulfonamides is 1. The Kier molecular flexibility index (Phi) is 6.72. The monoisotopic (exact) mass is 463 g/mol. The van der Waals surface area contributed by atoms with Gasteiger partial charge in [-0.1, -0.05) is 72.3 Å². The summed E-state index contributed by atoms with van der Waals surface area (Å²) in [6.45, 7) is 1.76. The van der Waals surface area contributed by atoms with E-state index in [-0.39, 0.29) is 30.3 Å². The molecule has 170 valence electrons. The molecule has 0 N–H and O–H groups in total. The van der Waals surface area contributed by atoms with Crippen molar-refractivity contribution in [3.63, 3.8) is 0 Å². The van der Waals surface area contributed by atoms with Gasteiger partial charge in [0.1, 0.15) is 0 Å². The molecule has 1 atom stereocenters. The Morgan fingerprint density at radius 2 is 1.61 bits per heavy atom. The van der Waals surface area contributed by atoms with E-state index in [0.717, 1.165) is 16.7 Å². The molecule has 0 spiro atoms. The summed E-state index contributed by atoms with van der Waals surface area (Å²) >= 11 is 0. The van der Waals surface area contributed by atoms with Crippen molar-refractivity contribution in [3.05, 3.63) is 101 Å². The van der Waals surface area contributed by atoms with Crippen LogP contribution in [0.1, 0.15) is 39.5 Å². The number of fused-ring (bicyclic) bond motifs is 1. The van der Waals surface area contributed by atoms with Crippen LogP contribution in [0.2, 0.25) is 0 Å². The molecule has 1 aliphatic heterocycles. The van der Waals surface area contributed by atoms with Gasteiger partial charge in [0, 0.05) is 12.1 Å². The fraction of sp³-hybridized carbons (Fsp3) is 0.231. The van der Waals surface area contributed by atoms with Crippen molar-refractivity contribution in [2.45, 2.75) is 30.7 Å². The average molecular weight is 464 g/mol. The minimum Gasteiger partial charge on any atom is -0.457 e. The van der Waals surface area contributed by atoms with Gasteiger partial charge in [-0.05, 0) is 36.6 Å². The van der Waals surface area contributed by atoms with Gasteiger partial charge in [0.15, 0.2) is 12.4 Å². The summed E-state index contributed by atoms with van der Waals surface area (Å²) in [5, 5.41) is 0. The molecule has 1 heterocycles. The number of rotatable bonds is 7. The third-order valence-electron chi connectivity index (χ3n) is 5.81. The summed E-state index contributed by atoms with van der Waals surface area (Å²) < 4.78 is 33.6. The number of ether oxygens (including phenoxy) is 1. The molecule has 0 fully saturated rings. The predicted molar refractivity (Wildman–Crippen MR) is 124 cm³/mol. The second-order valence-electron chi connectivity index (χ2n) is 8.05. The molecule has 3 aromatic rings. The maximum Gasteiger partial charge on any atom is 0.308 e. The Morgan fingerprint density at radius 3 is 2.33 bits per heavy atom. The molecule has 1 aliphatic rings. The molecule has 4 rings (SSSR count). The lowest BCUT2D eigenvalue weighted by Crippen LogP contribution is -2.41. The molecule has 6 nitrogen and oxygen atoms in total. The minimum absolute atomic E-state index is 0.176. The van der Waals surface area contributed by atoms with Gasteiger partial charge in [0.25, 0.3) is 0 Å². The van der Waals surface area contributed by atoms with E-state index < -0.39 is 22.0 Å². The Hall–Kier alpha value is -3.29. The molecule has 33 heavy (non-hydrogen) atoms. The first-order valence-corrected chi connectivity index (χ1v) is 12.2. The Labute approximate surface area is 193 Å². The highest BCUT2D eigenvalue weighted by molar-refractivity contribution is 7.89. The topological polar surface area (TPSA) is 80.8 Å². The zero-order chi connectivity index (χ0) is 23.4. The molecule has 0 bridgehead atoms. The van der Waals surface area contributed by atoms with Crippen LogP contribution in [-0.2, 0) is 26.0 Å². The first-order chi connectivity index (χ1) is 15.9. The summed E-state index contributed by atoms with van der Waals surface area (Å²) in [4.78, 5) is 25.2. The van der Waals surface area contributed by atoms with Crippen molar-refractivity contribution in [1.29, 1.82) is 0 Å². The molecule has 0 saturated carbocycles. The lowest BCUT2D eigenvalue weighted by Gasteiger charge is -2.36. The highest BCUT2D eigenvalue weighted by Crippen LogP contribution is 2.36. The van der Waals surface area contributed by atoms with E-state index in [0.29, 0.717) is 12.0 Å². The summed E-state index contributed by atoms with van der Waals surface area (Å²) in [5.41, 5.74) is 3.20. The zero-order valence-electron chi connectivity index (χ0n) is 18.3. The van der Waals surface area contributed by atoms with Gasteiger partial charge in [0.2, 0.25) is 10.0 Å². The molecule has 3 aromatic carbocycles. The number of aryl methyl sites for hydroxylation is 1. The van der Waals surface area contributed by atoms with Gasteiger partial charge >= 0.3 is 5.97 Å². The molecule has 0 unspecified atom stereocenters. The van der Waals surface area contributed by atoms with Crippen LogP contribution in [0.4, 0.5) is 0 Å². The van der Waals surface area contributed by atoms with E-state index in [1.54, 1.807) is 54.6 Å². The van der Waals surface area contributed by atoms with Crippen molar-refractivity contribution in [2.75, 3.05) is 13.2 Å². The van der Waals surface area contributed by atoms with Crippen molar-refractivity contribution < 1.29 is 22.7 Å². The number of carbonyl (C=O) groups is 2. The van der Waals surface area contributed by atoms with Crippen LogP contribution in [0, 0.1) is 6.92 Å². The molecule has 0 aromatic heterocycles. The number of ketones is 1. The van der Waals surface area contributed by atoms with Crippen molar-refractivity contribution >= 4 is 21.8 Å². The Bertz CT molecular complexity index is 1250. The molecule has 0 aliphatic carbocycles. The first kappa shape index (κ1) is 22.9. The minimum atomic E-state index is -3.83. The lowest BCUT2D eigenvalue weighted by atomic mass is 9.92. The van der Waals surface area contributed by atoms with Gasteiger partial charge in [0.05, 0.1) is 17.4 Å². The normalized spacial score (nSPS) is 16.1. The lowest BCUT2D eigenvalue weighted by molar-refractivity contribution is -0.143. The van der Waals surface area contributed by atoms with E-state index in [4.69, 9.17) is 4.74 Å². The average Bonchev–Trinajstić information content (AvgIpc) is 2.83. The van der Waals surface area contributed by atoms with Crippen molar-refractivity contribution in [2.24, 2.45) is 0 Å². The molecular weight excluding hydrogens is 438 g/mol. The van der Waals surface area contributed by atoms with Crippen LogP contribution in [0.15, 0.2) is 83.8 Å². The first-order valence-electron chi connectivity index (χ1n) is 10.8. The van der Waals surface area contributed by atoms with Crippen LogP contribution in [0.5, 0.6) is 0 Å². The van der Waals surface area contributed by atoms with E-state index in [9.17, 15) is 18.0 Å². The number of hydrogen-bond donors (Lipinski definition) is 0. The van der Waals surface area contributed by atoms with E-state index in [2.05, 4.69) is 0 Å². The molecule has 0 radical (unpaired) electrons. The second-order valence-corrected chi connectivity index (χ2v) is 9.94. The zero-order valence-corrected chi connectivity index (χ0v) is 19.1. The summed E-state index contributed by atoms with van der Waals surface area (Å²) in [6, 6.07) is 22.1. The highest BCUT2D eigenvalue weighted by atomic mass is 32.2. The number of benzene rings is 3. The predicted octanol–water partition coefficient (Wildman–Crippen LogP) is 4.10. The van der Waals surface area contributed by atoms with Gasteiger partial charge in [-0.25, -0.2) is 8.42 Å². The van der Waals surface area contributed by atoms with E-state index in [1.165, 1.54) is 4.31 Å². The Balaban J connectivity index is 1.56. The second kappa shape index (κ2) is 9.68. The van der Waals surface area contributed by atoms with Gasteiger partial charge in [-0.3, -0.25) is 9.59 Å². The molecule has 7 heteroatoms. The molecular formula is C26H25NO5S. The quantitative estimate of drug-likeness (QED) is 0.389. The fourth-order valence-electron chi connectivity index (χ4n) is 4.04. The number of carbonyl (C=O) groups excluding carboxylic acids is 2. The third kappa shape index (κ3) is 5.05. The third-order valence-corrected chi connectivity index (χ3v) is 7.73. The van der Waals surface area contributed by atoms with Crippen LogP contribution in [-0.4, -0.2) is 37.6 Å². The largest absolute Gasteiger partial charge is 0.457 e. The molecule has 0 saturated heterocycles. The van der Waals surface area contributed by atoms with Gasteiger partial charge in [-0.15, -0.1) is 0 Å². The maximum atomic E-state index is 13.5. The van der Waals surface area contributed by atoms with E-state index >= 15 is 0 Å². The van der Waals surface area contributed by atoms with E-state index in [1.807, 2.05) is 31.2 Å². The number of nitrogens with zero attached hydrogens (tertiary/aromatic N) is 1. The summed E-state index contributed by atoms with van der Waals surface area (Å²) in [6.07, 6.45) is 0.378.